The zero-order valence-corrected chi connectivity index (χ0v) is 16.3. The van der Waals surface area contributed by atoms with Crippen LogP contribution in [0.2, 0.25) is 0 Å². The van der Waals surface area contributed by atoms with Gasteiger partial charge in [0.25, 0.3) is 0 Å². The van der Waals surface area contributed by atoms with E-state index in [0.29, 0.717) is 19.4 Å². The van der Waals surface area contributed by atoms with Crippen molar-refractivity contribution >= 4 is 11.8 Å². The van der Waals surface area contributed by atoms with Gasteiger partial charge < -0.3 is 21.7 Å². The van der Waals surface area contributed by atoms with Gasteiger partial charge in [-0.1, -0.05) is 43.7 Å². The smallest absolute Gasteiger partial charge is 0.242 e. The molecule has 0 aliphatic carbocycles. The topological polar surface area (TPSA) is 96.2 Å². The highest BCUT2D eigenvalue weighted by Gasteiger charge is 2.25. The van der Waals surface area contributed by atoms with Gasteiger partial charge in [-0.25, -0.2) is 0 Å². The van der Waals surface area contributed by atoms with Crippen LogP contribution in [0.5, 0.6) is 0 Å². The fourth-order valence-corrected chi connectivity index (χ4v) is 2.75. The molecule has 0 saturated heterocycles. The molecule has 2 amide bonds. The first kappa shape index (κ1) is 22.1. The van der Waals surface area contributed by atoms with Crippen LogP contribution in [-0.4, -0.2) is 43.5 Å². The monoisotopic (exact) mass is 362 g/mol. The van der Waals surface area contributed by atoms with Crippen LogP contribution < -0.4 is 21.7 Å². The van der Waals surface area contributed by atoms with Crippen molar-refractivity contribution in [2.24, 2.45) is 5.73 Å². The molecule has 1 aromatic carbocycles. The van der Waals surface area contributed by atoms with Gasteiger partial charge in [0.1, 0.15) is 6.04 Å². The minimum Gasteiger partial charge on any atom is -0.357 e. The first-order valence-electron chi connectivity index (χ1n) is 9.53. The van der Waals surface area contributed by atoms with Crippen molar-refractivity contribution in [1.82, 2.24) is 16.0 Å². The minimum absolute atomic E-state index is 0.133. The molecule has 0 spiro atoms. The normalized spacial score (nSPS) is 14.3. The van der Waals surface area contributed by atoms with Gasteiger partial charge in [0, 0.05) is 19.5 Å². The third kappa shape index (κ3) is 7.97. The SMILES string of the molecule is CCC(C)NC(CCCCN)C(=O)NC(Cc1ccccc1)C(=O)NC. The van der Waals surface area contributed by atoms with Crippen molar-refractivity contribution in [3.05, 3.63) is 35.9 Å². The van der Waals surface area contributed by atoms with Gasteiger partial charge in [-0.2, -0.15) is 0 Å². The highest BCUT2D eigenvalue weighted by atomic mass is 16.2. The van der Waals surface area contributed by atoms with E-state index in [1.165, 1.54) is 0 Å². The maximum absolute atomic E-state index is 12.8. The number of hydrogen-bond acceptors (Lipinski definition) is 4. The Morgan fingerprint density at radius 1 is 1.08 bits per heavy atom. The second-order valence-corrected chi connectivity index (χ2v) is 6.68. The average molecular weight is 363 g/mol. The van der Waals surface area contributed by atoms with Crippen LogP contribution in [-0.2, 0) is 16.0 Å². The standard InChI is InChI=1S/C20H34N4O2/c1-4-15(2)23-17(12-8-9-13-21)20(26)24-18(19(25)22-3)14-16-10-6-5-7-11-16/h5-7,10-11,15,17-18,23H,4,8-9,12-14,21H2,1-3H3,(H,22,25)(H,24,26). The molecule has 5 N–H and O–H groups in total. The van der Waals surface area contributed by atoms with Crippen LogP contribution in [0.3, 0.4) is 0 Å². The molecular formula is C20H34N4O2. The van der Waals surface area contributed by atoms with Crippen molar-refractivity contribution in [1.29, 1.82) is 0 Å². The van der Waals surface area contributed by atoms with E-state index in [-0.39, 0.29) is 23.9 Å². The summed E-state index contributed by atoms with van der Waals surface area (Å²) in [7, 11) is 1.59. The molecule has 0 heterocycles. The lowest BCUT2D eigenvalue weighted by Crippen LogP contribution is -2.54. The minimum atomic E-state index is -0.592. The first-order valence-corrected chi connectivity index (χ1v) is 9.53. The maximum Gasteiger partial charge on any atom is 0.242 e. The van der Waals surface area contributed by atoms with Crippen LogP contribution in [0.4, 0.5) is 0 Å². The predicted molar refractivity (Wildman–Crippen MR) is 106 cm³/mol. The Labute approximate surface area is 157 Å². The van der Waals surface area contributed by atoms with Gasteiger partial charge in [-0.15, -0.1) is 0 Å². The second-order valence-electron chi connectivity index (χ2n) is 6.68. The lowest BCUT2D eigenvalue weighted by Gasteiger charge is -2.25. The van der Waals surface area contributed by atoms with Gasteiger partial charge in [0.15, 0.2) is 0 Å². The number of carbonyl (C=O) groups is 2. The number of nitrogens with two attached hydrogens (primary N) is 1. The fraction of sp³-hybridized carbons (Fsp3) is 0.600. The first-order chi connectivity index (χ1) is 12.5. The van der Waals surface area contributed by atoms with E-state index >= 15 is 0 Å². The zero-order valence-electron chi connectivity index (χ0n) is 16.3. The lowest BCUT2D eigenvalue weighted by molar-refractivity contribution is -0.130. The van der Waals surface area contributed by atoms with E-state index < -0.39 is 6.04 Å². The summed E-state index contributed by atoms with van der Waals surface area (Å²) in [5, 5.41) is 8.94. The molecule has 146 valence electrons. The average Bonchev–Trinajstić information content (AvgIpc) is 2.66. The Kier molecular flexibility index (Phi) is 10.6. The molecule has 3 unspecified atom stereocenters. The summed E-state index contributed by atoms with van der Waals surface area (Å²) in [5.74, 6) is -0.321. The Balaban J connectivity index is 2.79. The molecule has 0 fully saturated rings. The van der Waals surface area contributed by atoms with E-state index in [1.54, 1.807) is 7.05 Å². The molecule has 0 aliphatic heterocycles. The highest BCUT2D eigenvalue weighted by molar-refractivity contribution is 5.89. The molecule has 26 heavy (non-hydrogen) atoms. The van der Waals surface area contributed by atoms with E-state index in [2.05, 4.69) is 29.8 Å². The molecule has 6 nitrogen and oxygen atoms in total. The fourth-order valence-electron chi connectivity index (χ4n) is 2.75. The van der Waals surface area contributed by atoms with Crippen molar-refractivity contribution in [3.8, 4) is 0 Å². The summed E-state index contributed by atoms with van der Waals surface area (Å²) in [5.41, 5.74) is 6.58. The Morgan fingerprint density at radius 3 is 2.35 bits per heavy atom. The summed E-state index contributed by atoms with van der Waals surface area (Å²) < 4.78 is 0. The van der Waals surface area contributed by atoms with Gasteiger partial charge in [-0.3, -0.25) is 9.59 Å². The quantitative estimate of drug-likeness (QED) is 0.422. The summed E-state index contributed by atoms with van der Waals surface area (Å²) >= 11 is 0. The molecule has 0 aromatic heterocycles. The molecule has 3 atom stereocenters. The van der Waals surface area contributed by atoms with Crippen LogP contribution in [0.15, 0.2) is 30.3 Å². The number of nitrogens with one attached hydrogen (secondary N) is 3. The molecular weight excluding hydrogens is 328 g/mol. The van der Waals surface area contributed by atoms with Crippen LogP contribution in [0.25, 0.3) is 0 Å². The third-order valence-electron chi connectivity index (χ3n) is 4.52. The molecule has 0 aliphatic rings. The van der Waals surface area contributed by atoms with Crippen molar-refractivity contribution in [2.45, 2.75) is 64.1 Å². The van der Waals surface area contributed by atoms with E-state index in [9.17, 15) is 9.59 Å². The van der Waals surface area contributed by atoms with E-state index in [0.717, 1.165) is 24.8 Å². The lowest BCUT2D eigenvalue weighted by atomic mass is 10.0. The van der Waals surface area contributed by atoms with Gasteiger partial charge in [-0.05, 0) is 38.3 Å². The van der Waals surface area contributed by atoms with Crippen molar-refractivity contribution < 1.29 is 9.59 Å². The summed E-state index contributed by atoms with van der Waals surface area (Å²) in [6.07, 6.45) is 3.87. The highest BCUT2D eigenvalue weighted by Crippen LogP contribution is 2.07. The number of rotatable bonds is 12. The molecule has 0 saturated carbocycles. The number of unbranched alkanes of at least 4 members (excludes halogenated alkanes) is 1. The number of carbonyl (C=O) groups excluding carboxylic acids is 2. The van der Waals surface area contributed by atoms with Crippen molar-refractivity contribution in [3.63, 3.8) is 0 Å². The maximum atomic E-state index is 12.8. The third-order valence-corrected chi connectivity index (χ3v) is 4.52. The number of hydrogen-bond donors (Lipinski definition) is 4. The number of benzene rings is 1. The molecule has 6 heteroatoms. The Morgan fingerprint density at radius 2 is 1.77 bits per heavy atom. The molecule has 0 bridgehead atoms. The van der Waals surface area contributed by atoms with Crippen LogP contribution >= 0.6 is 0 Å². The number of likely N-dealkylation sites (N-methyl/N-ethyl adjacent to an activating group) is 1. The van der Waals surface area contributed by atoms with Crippen LogP contribution in [0.1, 0.15) is 45.1 Å². The van der Waals surface area contributed by atoms with E-state index in [4.69, 9.17) is 5.73 Å². The van der Waals surface area contributed by atoms with E-state index in [1.807, 2.05) is 30.3 Å². The number of amides is 2. The molecule has 1 aromatic rings. The predicted octanol–water partition coefficient (Wildman–Crippen LogP) is 1.35. The largest absolute Gasteiger partial charge is 0.357 e. The van der Waals surface area contributed by atoms with Crippen molar-refractivity contribution in [2.75, 3.05) is 13.6 Å². The Hall–Kier alpha value is -1.92. The van der Waals surface area contributed by atoms with Gasteiger partial charge in [0.2, 0.25) is 11.8 Å². The molecule has 1 rings (SSSR count). The summed E-state index contributed by atoms with van der Waals surface area (Å²) in [6.45, 7) is 4.76. The van der Waals surface area contributed by atoms with Gasteiger partial charge in [0.05, 0.1) is 6.04 Å². The second kappa shape index (κ2) is 12.4. The summed E-state index contributed by atoms with van der Waals surface area (Å²) in [6, 6.07) is 9.02. The molecule has 0 radical (unpaired) electrons. The zero-order chi connectivity index (χ0) is 19.4. The van der Waals surface area contributed by atoms with Crippen LogP contribution in [0, 0.1) is 0 Å². The van der Waals surface area contributed by atoms with Gasteiger partial charge >= 0.3 is 0 Å². The Bertz CT molecular complexity index is 536. The summed E-state index contributed by atoms with van der Waals surface area (Å²) in [4.78, 5) is 25.1.